The molecule has 0 unspecified atom stereocenters. The number of anilines is 2. The first-order valence-electron chi connectivity index (χ1n) is 5.02. The highest BCUT2D eigenvalue weighted by atomic mass is 16.4. The number of hydrogen-bond acceptors (Lipinski definition) is 2. The van der Waals surface area contributed by atoms with Gasteiger partial charge in [0.2, 0.25) is 0 Å². The van der Waals surface area contributed by atoms with E-state index in [9.17, 15) is 4.79 Å². The summed E-state index contributed by atoms with van der Waals surface area (Å²) in [6.45, 7) is 5.96. The van der Waals surface area contributed by atoms with Crippen LogP contribution in [-0.2, 0) is 0 Å². The number of carboxylic acid groups (broad SMARTS) is 1. The Morgan fingerprint density at radius 1 is 1.40 bits per heavy atom. The average Bonchev–Trinajstić information content (AvgIpc) is 2.19. The lowest BCUT2D eigenvalue weighted by Gasteiger charge is -2.21. The smallest absolute Gasteiger partial charge is 0.409 e. The van der Waals surface area contributed by atoms with Gasteiger partial charge < -0.3 is 10.0 Å². The van der Waals surface area contributed by atoms with Crippen LogP contribution in [0.3, 0.4) is 0 Å². The van der Waals surface area contributed by atoms with Crippen LogP contribution in [0.2, 0.25) is 0 Å². The van der Waals surface area contributed by atoms with Gasteiger partial charge in [0.15, 0.2) is 0 Å². The third-order valence-electron chi connectivity index (χ3n) is 2.23. The summed E-state index contributed by atoms with van der Waals surface area (Å²) >= 11 is 0. The molecule has 0 radical (unpaired) electrons. The summed E-state index contributed by atoms with van der Waals surface area (Å²) in [4.78, 5) is 12.6. The Kier molecular flexibility index (Phi) is 3.97. The van der Waals surface area contributed by atoms with Gasteiger partial charge in [-0.3, -0.25) is 5.32 Å². The molecule has 0 bridgehead atoms. The van der Waals surface area contributed by atoms with Crippen molar-refractivity contribution in [1.82, 2.24) is 0 Å². The van der Waals surface area contributed by atoms with Crippen molar-refractivity contribution < 1.29 is 9.90 Å². The van der Waals surface area contributed by atoms with Gasteiger partial charge in [0, 0.05) is 24.5 Å². The number of benzene rings is 1. The minimum atomic E-state index is -1.04. The number of hydrogen-bond donors (Lipinski definition) is 2. The van der Waals surface area contributed by atoms with E-state index in [0.29, 0.717) is 5.69 Å². The molecular formula is C11H16N2O2. The molecule has 0 aliphatic heterocycles. The summed E-state index contributed by atoms with van der Waals surface area (Å²) in [5.41, 5.74) is 1.64. The summed E-state index contributed by atoms with van der Waals surface area (Å²) in [6.07, 6.45) is -1.04. The van der Waals surface area contributed by atoms with Crippen LogP contribution in [0.4, 0.5) is 16.2 Å². The van der Waals surface area contributed by atoms with E-state index in [1.807, 2.05) is 18.2 Å². The van der Waals surface area contributed by atoms with Gasteiger partial charge in [0.25, 0.3) is 0 Å². The molecule has 1 rings (SSSR count). The predicted molar refractivity (Wildman–Crippen MR) is 61.7 cm³/mol. The highest BCUT2D eigenvalue weighted by Crippen LogP contribution is 2.18. The van der Waals surface area contributed by atoms with Gasteiger partial charge in [-0.1, -0.05) is 6.07 Å². The maximum Gasteiger partial charge on any atom is 0.409 e. The van der Waals surface area contributed by atoms with Gasteiger partial charge in [-0.25, -0.2) is 4.79 Å². The first kappa shape index (κ1) is 11.4. The van der Waals surface area contributed by atoms with Gasteiger partial charge in [-0.2, -0.15) is 0 Å². The molecule has 0 atom stereocenters. The fourth-order valence-electron chi connectivity index (χ4n) is 1.49. The highest BCUT2D eigenvalue weighted by Gasteiger charge is 2.03. The fraction of sp³-hybridized carbons (Fsp3) is 0.364. The van der Waals surface area contributed by atoms with E-state index in [1.165, 1.54) is 0 Å². The van der Waals surface area contributed by atoms with Crippen molar-refractivity contribution in [2.45, 2.75) is 13.8 Å². The van der Waals surface area contributed by atoms with Crippen molar-refractivity contribution in [3.63, 3.8) is 0 Å². The summed E-state index contributed by atoms with van der Waals surface area (Å²) in [6, 6.07) is 7.39. The second-order valence-corrected chi connectivity index (χ2v) is 3.15. The van der Waals surface area contributed by atoms with Gasteiger partial charge >= 0.3 is 6.09 Å². The lowest BCUT2D eigenvalue weighted by atomic mass is 10.2. The Morgan fingerprint density at radius 2 is 2.07 bits per heavy atom. The third-order valence-corrected chi connectivity index (χ3v) is 2.23. The maximum absolute atomic E-state index is 10.5. The molecule has 0 fully saturated rings. The lowest BCUT2D eigenvalue weighted by Crippen LogP contribution is -2.21. The van der Waals surface area contributed by atoms with Crippen LogP contribution in [0.5, 0.6) is 0 Å². The van der Waals surface area contributed by atoms with Crippen LogP contribution in [0.15, 0.2) is 24.3 Å². The molecule has 0 aliphatic carbocycles. The topological polar surface area (TPSA) is 52.6 Å². The van der Waals surface area contributed by atoms with Crippen molar-refractivity contribution in [3.8, 4) is 0 Å². The molecule has 4 heteroatoms. The molecule has 82 valence electrons. The number of rotatable bonds is 4. The van der Waals surface area contributed by atoms with Crippen LogP contribution < -0.4 is 10.2 Å². The minimum Gasteiger partial charge on any atom is -0.465 e. The molecule has 1 aromatic rings. The van der Waals surface area contributed by atoms with Crippen molar-refractivity contribution in [2.75, 3.05) is 23.3 Å². The fourth-order valence-corrected chi connectivity index (χ4v) is 1.49. The largest absolute Gasteiger partial charge is 0.465 e. The third kappa shape index (κ3) is 3.16. The molecule has 0 aliphatic rings. The monoisotopic (exact) mass is 208 g/mol. The van der Waals surface area contributed by atoms with E-state index in [1.54, 1.807) is 6.07 Å². The Balaban J connectivity index is 2.86. The van der Waals surface area contributed by atoms with Crippen LogP contribution in [0.1, 0.15) is 13.8 Å². The Bertz CT molecular complexity index is 335. The second kappa shape index (κ2) is 5.24. The van der Waals surface area contributed by atoms with Crippen molar-refractivity contribution in [3.05, 3.63) is 24.3 Å². The predicted octanol–water partition coefficient (Wildman–Crippen LogP) is 2.62. The summed E-state index contributed by atoms with van der Waals surface area (Å²) in [5.74, 6) is 0. The van der Waals surface area contributed by atoms with Crippen molar-refractivity contribution in [1.29, 1.82) is 0 Å². The lowest BCUT2D eigenvalue weighted by molar-refractivity contribution is 0.210. The van der Waals surface area contributed by atoms with E-state index in [0.717, 1.165) is 18.8 Å². The number of nitrogens with zero attached hydrogens (tertiary/aromatic N) is 1. The molecule has 1 amide bonds. The molecule has 4 nitrogen and oxygen atoms in total. The molecule has 0 spiro atoms. The van der Waals surface area contributed by atoms with E-state index < -0.39 is 6.09 Å². The van der Waals surface area contributed by atoms with Crippen LogP contribution in [0, 0.1) is 0 Å². The molecular weight excluding hydrogens is 192 g/mol. The van der Waals surface area contributed by atoms with Gasteiger partial charge in [0.05, 0.1) is 0 Å². The highest BCUT2D eigenvalue weighted by molar-refractivity contribution is 5.83. The van der Waals surface area contributed by atoms with E-state index in [4.69, 9.17) is 5.11 Å². The Labute approximate surface area is 89.5 Å². The van der Waals surface area contributed by atoms with E-state index >= 15 is 0 Å². The molecule has 0 saturated carbocycles. The minimum absolute atomic E-state index is 0.604. The van der Waals surface area contributed by atoms with E-state index in [-0.39, 0.29) is 0 Å². The summed E-state index contributed by atoms with van der Waals surface area (Å²) in [7, 11) is 0. The van der Waals surface area contributed by atoms with Gasteiger partial charge in [-0.05, 0) is 32.0 Å². The standard InChI is InChI=1S/C11H16N2O2/c1-3-13(4-2)10-7-5-6-9(8-10)12-11(14)15/h5-8,12H,3-4H2,1-2H3,(H,14,15). The van der Waals surface area contributed by atoms with Crippen LogP contribution in [0.25, 0.3) is 0 Å². The maximum atomic E-state index is 10.5. The Morgan fingerprint density at radius 3 is 2.60 bits per heavy atom. The van der Waals surface area contributed by atoms with Crippen LogP contribution in [-0.4, -0.2) is 24.3 Å². The van der Waals surface area contributed by atoms with Gasteiger partial charge in [0.1, 0.15) is 0 Å². The first-order chi connectivity index (χ1) is 7.17. The van der Waals surface area contributed by atoms with Crippen LogP contribution >= 0.6 is 0 Å². The molecule has 1 aromatic carbocycles. The molecule has 2 N–H and O–H groups in total. The first-order valence-corrected chi connectivity index (χ1v) is 5.02. The summed E-state index contributed by atoms with van der Waals surface area (Å²) in [5, 5.41) is 10.9. The van der Waals surface area contributed by atoms with Gasteiger partial charge in [-0.15, -0.1) is 0 Å². The zero-order valence-corrected chi connectivity index (χ0v) is 9.03. The number of amides is 1. The summed E-state index contributed by atoms with van der Waals surface area (Å²) < 4.78 is 0. The SMILES string of the molecule is CCN(CC)c1cccc(NC(=O)O)c1. The number of nitrogens with one attached hydrogen (secondary N) is 1. The molecule has 0 saturated heterocycles. The van der Waals surface area contributed by atoms with Crippen molar-refractivity contribution in [2.24, 2.45) is 0 Å². The quantitative estimate of drug-likeness (QED) is 0.799. The zero-order chi connectivity index (χ0) is 11.3. The molecule has 15 heavy (non-hydrogen) atoms. The normalized spacial score (nSPS) is 9.73. The molecule has 0 heterocycles. The zero-order valence-electron chi connectivity index (χ0n) is 9.03. The van der Waals surface area contributed by atoms with Crippen molar-refractivity contribution >= 4 is 17.5 Å². The molecule has 0 aromatic heterocycles. The van der Waals surface area contributed by atoms with E-state index in [2.05, 4.69) is 24.1 Å². The second-order valence-electron chi connectivity index (χ2n) is 3.15. The number of carbonyl (C=O) groups is 1. The Hall–Kier alpha value is -1.71. The average molecular weight is 208 g/mol.